The van der Waals surface area contributed by atoms with Crippen molar-refractivity contribution < 1.29 is 14.6 Å². The highest BCUT2D eigenvalue weighted by molar-refractivity contribution is 5.80. The van der Waals surface area contributed by atoms with Gasteiger partial charge in [-0.05, 0) is 19.9 Å². The van der Waals surface area contributed by atoms with Crippen LogP contribution < -0.4 is 10.1 Å². The molecular formula is C14H17NO3. The summed E-state index contributed by atoms with van der Waals surface area (Å²) < 4.78 is 5.52. The average molecular weight is 247 g/mol. The Balaban J connectivity index is 2.73. The van der Waals surface area contributed by atoms with Crippen LogP contribution in [0.25, 0.3) is 0 Å². The third-order valence-corrected chi connectivity index (χ3v) is 2.41. The predicted octanol–water partition coefficient (Wildman–Crippen LogP) is 1.26. The number of hydrogen-bond acceptors (Lipinski definition) is 3. The SMILES string of the molecule is C#CCNC(=O)C(C)Oc1ccccc1[C@@H](C)O. The van der Waals surface area contributed by atoms with E-state index >= 15 is 0 Å². The molecule has 0 aromatic heterocycles. The van der Waals surface area contributed by atoms with Gasteiger partial charge in [-0.3, -0.25) is 4.79 Å². The lowest BCUT2D eigenvalue weighted by Crippen LogP contribution is -2.36. The van der Waals surface area contributed by atoms with Crippen LogP contribution >= 0.6 is 0 Å². The Morgan fingerprint density at radius 2 is 2.17 bits per heavy atom. The molecule has 18 heavy (non-hydrogen) atoms. The fourth-order valence-corrected chi connectivity index (χ4v) is 1.46. The average Bonchev–Trinajstić information content (AvgIpc) is 2.36. The van der Waals surface area contributed by atoms with Crippen molar-refractivity contribution in [2.45, 2.75) is 26.1 Å². The molecule has 1 amide bonds. The molecule has 1 unspecified atom stereocenters. The van der Waals surface area contributed by atoms with Crippen LogP contribution in [0.4, 0.5) is 0 Å². The maximum Gasteiger partial charge on any atom is 0.261 e. The summed E-state index contributed by atoms with van der Waals surface area (Å²) in [5.74, 6) is 2.53. The highest BCUT2D eigenvalue weighted by atomic mass is 16.5. The van der Waals surface area contributed by atoms with Crippen molar-refractivity contribution in [3.05, 3.63) is 29.8 Å². The van der Waals surface area contributed by atoms with Crippen molar-refractivity contribution in [1.82, 2.24) is 5.32 Å². The number of ether oxygens (including phenoxy) is 1. The van der Waals surface area contributed by atoms with Gasteiger partial charge < -0.3 is 15.2 Å². The number of amides is 1. The van der Waals surface area contributed by atoms with Gasteiger partial charge in [0, 0.05) is 5.56 Å². The van der Waals surface area contributed by atoms with Crippen molar-refractivity contribution in [1.29, 1.82) is 0 Å². The Kier molecular flexibility index (Phi) is 5.22. The van der Waals surface area contributed by atoms with Crippen LogP contribution in [0, 0.1) is 12.3 Å². The number of benzene rings is 1. The first-order valence-electron chi connectivity index (χ1n) is 5.71. The first kappa shape index (κ1) is 14.1. The monoisotopic (exact) mass is 247 g/mol. The van der Waals surface area contributed by atoms with Crippen LogP contribution in [0.5, 0.6) is 5.75 Å². The summed E-state index contributed by atoms with van der Waals surface area (Å²) in [6.45, 7) is 3.44. The summed E-state index contributed by atoms with van der Waals surface area (Å²) in [5.41, 5.74) is 0.647. The summed E-state index contributed by atoms with van der Waals surface area (Å²) in [6.07, 6.45) is 3.74. The number of terminal acetylenes is 1. The zero-order valence-corrected chi connectivity index (χ0v) is 10.5. The molecule has 0 spiro atoms. The largest absolute Gasteiger partial charge is 0.481 e. The van der Waals surface area contributed by atoms with Crippen molar-refractivity contribution in [3.63, 3.8) is 0 Å². The molecule has 0 saturated heterocycles. The number of para-hydroxylation sites is 1. The molecule has 4 heteroatoms. The van der Waals surface area contributed by atoms with Crippen LogP contribution in [-0.2, 0) is 4.79 Å². The van der Waals surface area contributed by atoms with Crippen LogP contribution in [0.1, 0.15) is 25.5 Å². The Morgan fingerprint density at radius 3 is 2.78 bits per heavy atom. The zero-order valence-electron chi connectivity index (χ0n) is 10.5. The van der Waals surface area contributed by atoms with Crippen LogP contribution in [0.15, 0.2) is 24.3 Å². The minimum absolute atomic E-state index is 0.171. The van der Waals surface area contributed by atoms with Gasteiger partial charge in [-0.25, -0.2) is 0 Å². The molecule has 1 aromatic rings. The van der Waals surface area contributed by atoms with Crippen LogP contribution in [-0.4, -0.2) is 23.7 Å². The number of aliphatic hydroxyl groups is 1. The van der Waals surface area contributed by atoms with E-state index in [0.29, 0.717) is 11.3 Å². The highest BCUT2D eigenvalue weighted by Crippen LogP contribution is 2.25. The fraction of sp³-hybridized carbons (Fsp3) is 0.357. The Hall–Kier alpha value is -1.99. The third kappa shape index (κ3) is 3.79. The standard InChI is InChI=1S/C14H17NO3/c1-4-9-15-14(17)11(3)18-13-8-6-5-7-12(13)10(2)16/h1,5-8,10-11,16H,9H2,2-3H3,(H,15,17)/t10-,11?/m1/s1. The molecule has 0 fully saturated rings. The van der Waals surface area contributed by atoms with Gasteiger partial charge >= 0.3 is 0 Å². The van der Waals surface area contributed by atoms with E-state index in [1.807, 2.05) is 0 Å². The molecule has 0 saturated carbocycles. The number of nitrogens with one attached hydrogen (secondary N) is 1. The van der Waals surface area contributed by atoms with Gasteiger partial charge in [0.2, 0.25) is 0 Å². The number of aliphatic hydroxyl groups excluding tert-OH is 1. The maximum absolute atomic E-state index is 11.6. The molecule has 0 heterocycles. The molecule has 96 valence electrons. The van der Waals surface area contributed by atoms with Crippen LogP contribution in [0.2, 0.25) is 0 Å². The van der Waals surface area contributed by atoms with Gasteiger partial charge in [0.1, 0.15) is 5.75 Å². The molecule has 1 aromatic carbocycles. The van der Waals surface area contributed by atoms with Crippen molar-refractivity contribution in [2.75, 3.05) is 6.54 Å². The smallest absolute Gasteiger partial charge is 0.261 e. The number of hydrogen-bond donors (Lipinski definition) is 2. The first-order valence-corrected chi connectivity index (χ1v) is 5.71. The van der Waals surface area contributed by atoms with E-state index < -0.39 is 12.2 Å². The Labute approximate surface area is 107 Å². The quantitative estimate of drug-likeness (QED) is 0.770. The summed E-state index contributed by atoms with van der Waals surface area (Å²) in [7, 11) is 0. The van der Waals surface area contributed by atoms with Gasteiger partial charge in [0.25, 0.3) is 5.91 Å². The minimum Gasteiger partial charge on any atom is -0.481 e. The normalized spacial score (nSPS) is 13.2. The molecule has 0 radical (unpaired) electrons. The molecule has 2 N–H and O–H groups in total. The second-order valence-corrected chi connectivity index (χ2v) is 3.90. The summed E-state index contributed by atoms with van der Waals surface area (Å²) in [4.78, 5) is 11.6. The van der Waals surface area contributed by atoms with Crippen molar-refractivity contribution in [3.8, 4) is 18.1 Å². The predicted molar refractivity (Wildman–Crippen MR) is 69.0 cm³/mol. The van der Waals surface area contributed by atoms with Crippen LogP contribution in [0.3, 0.4) is 0 Å². The second-order valence-electron chi connectivity index (χ2n) is 3.90. The second kappa shape index (κ2) is 6.67. The zero-order chi connectivity index (χ0) is 13.5. The number of carbonyl (C=O) groups is 1. The minimum atomic E-state index is -0.668. The van der Waals surface area contributed by atoms with Gasteiger partial charge in [-0.1, -0.05) is 24.1 Å². The van der Waals surface area contributed by atoms with E-state index in [1.165, 1.54) is 0 Å². The van der Waals surface area contributed by atoms with Gasteiger partial charge in [-0.2, -0.15) is 0 Å². The Bertz CT molecular complexity index is 449. The summed E-state index contributed by atoms with van der Waals surface area (Å²) in [6, 6.07) is 7.06. The van der Waals surface area contributed by atoms with Gasteiger partial charge in [0.05, 0.1) is 12.6 Å². The molecule has 4 nitrogen and oxygen atoms in total. The van der Waals surface area contributed by atoms with E-state index in [4.69, 9.17) is 11.2 Å². The topological polar surface area (TPSA) is 58.6 Å². The van der Waals surface area contributed by atoms with E-state index in [2.05, 4.69) is 11.2 Å². The van der Waals surface area contributed by atoms with E-state index in [1.54, 1.807) is 38.1 Å². The molecule has 2 atom stereocenters. The molecule has 0 bridgehead atoms. The molecular weight excluding hydrogens is 230 g/mol. The van der Waals surface area contributed by atoms with E-state index in [0.717, 1.165) is 0 Å². The lowest BCUT2D eigenvalue weighted by atomic mass is 10.1. The molecule has 0 aliphatic carbocycles. The fourth-order valence-electron chi connectivity index (χ4n) is 1.46. The third-order valence-electron chi connectivity index (χ3n) is 2.41. The lowest BCUT2D eigenvalue weighted by Gasteiger charge is -2.17. The first-order chi connectivity index (χ1) is 8.56. The molecule has 0 aliphatic rings. The van der Waals surface area contributed by atoms with E-state index in [9.17, 15) is 9.90 Å². The maximum atomic E-state index is 11.6. The molecule has 0 aliphatic heterocycles. The summed E-state index contributed by atoms with van der Waals surface area (Å²) >= 11 is 0. The summed E-state index contributed by atoms with van der Waals surface area (Å²) in [5, 5.41) is 12.1. The Morgan fingerprint density at radius 1 is 1.50 bits per heavy atom. The van der Waals surface area contributed by atoms with Crippen molar-refractivity contribution >= 4 is 5.91 Å². The molecule has 1 rings (SSSR count). The highest BCUT2D eigenvalue weighted by Gasteiger charge is 2.16. The van der Waals surface area contributed by atoms with E-state index in [-0.39, 0.29) is 12.5 Å². The van der Waals surface area contributed by atoms with Crippen molar-refractivity contribution in [2.24, 2.45) is 0 Å². The number of rotatable bonds is 5. The number of carbonyl (C=O) groups excluding carboxylic acids is 1. The van der Waals surface area contributed by atoms with Gasteiger partial charge in [-0.15, -0.1) is 6.42 Å². The lowest BCUT2D eigenvalue weighted by molar-refractivity contribution is -0.127. The van der Waals surface area contributed by atoms with Gasteiger partial charge in [0.15, 0.2) is 6.10 Å².